The van der Waals surface area contributed by atoms with Gasteiger partial charge < -0.3 is 14.5 Å². The average molecular weight is 500 g/mol. The maximum Gasteiger partial charge on any atom is 0.253 e. The van der Waals surface area contributed by atoms with Crippen LogP contribution < -0.4 is 4.90 Å². The van der Waals surface area contributed by atoms with Gasteiger partial charge in [-0.25, -0.2) is 8.42 Å². The molecule has 5 rings (SSSR count). The Morgan fingerprint density at radius 2 is 1.62 bits per heavy atom. The van der Waals surface area contributed by atoms with Gasteiger partial charge >= 0.3 is 0 Å². The van der Waals surface area contributed by atoms with Crippen LogP contribution in [0, 0.1) is 0 Å². The number of aromatic nitrogens is 2. The van der Waals surface area contributed by atoms with Crippen LogP contribution in [-0.2, 0) is 14.8 Å². The molecule has 11 heteroatoms. The molecule has 0 saturated carbocycles. The lowest BCUT2D eigenvalue weighted by Crippen LogP contribution is -2.49. The van der Waals surface area contributed by atoms with Crippen molar-refractivity contribution < 1.29 is 17.9 Å². The summed E-state index contributed by atoms with van der Waals surface area (Å²) in [6.45, 7) is 3.90. The molecule has 0 radical (unpaired) electrons. The maximum atomic E-state index is 13.0. The van der Waals surface area contributed by atoms with Crippen LogP contribution in [-0.4, -0.2) is 86.2 Å². The number of piperazine rings is 1. The second-order valence-electron chi connectivity index (χ2n) is 8.07. The number of anilines is 1. The third-order valence-corrected chi connectivity index (χ3v) is 8.83. The minimum Gasteiger partial charge on any atom is -0.379 e. The Bertz CT molecular complexity index is 1220. The summed E-state index contributed by atoms with van der Waals surface area (Å²) in [5, 5.41) is 10.7. The number of ether oxygens (including phenoxy) is 1. The van der Waals surface area contributed by atoms with Gasteiger partial charge in [-0.2, -0.15) is 4.31 Å². The highest BCUT2D eigenvalue weighted by Gasteiger charge is 2.27. The summed E-state index contributed by atoms with van der Waals surface area (Å²) in [5.41, 5.74) is 1.33. The van der Waals surface area contributed by atoms with Gasteiger partial charge in [-0.3, -0.25) is 4.79 Å². The van der Waals surface area contributed by atoms with Crippen LogP contribution in [0.2, 0.25) is 0 Å². The number of sulfonamides is 1. The molecule has 0 bridgehead atoms. The molecule has 2 aliphatic heterocycles. The van der Waals surface area contributed by atoms with E-state index in [1.807, 2.05) is 29.6 Å². The maximum absolute atomic E-state index is 13.0. The summed E-state index contributed by atoms with van der Waals surface area (Å²) in [6.07, 6.45) is 0. The Labute approximate surface area is 202 Å². The fraction of sp³-hybridized carbons (Fsp3) is 0.348. The van der Waals surface area contributed by atoms with E-state index in [1.165, 1.54) is 16.4 Å². The summed E-state index contributed by atoms with van der Waals surface area (Å²) < 4.78 is 32.2. The van der Waals surface area contributed by atoms with Crippen molar-refractivity contribution in [1.29, 1.82) is 0 Å². The van der Waals surface area contributed by atoms with E-state index in [2.05, 4.69) is 15.1 Å². The monoisotopic (exact) mass is 499 g/mol. The first kappa shape index (κ1) is 22.9. The number of amides is 1. The molecule has 3 aromatic rings. The van der Waals surface area contributed by atoms with Crippen molar-refractivity contribution in [3.05, 3.63) is 59.5 Å². The molecule has 178 valence electrons. The Kier molecular flexibility index (Phi) is 6.59. The molecular weight excluding hydrogens is 474 g/mol. The van der Waals surface area contributed by atoms with Crippen LogP contribution in [0.1, 0.15) is 10.4 Å². The van der Waals surface area contributed by atoms with Crippen LogP contribution in [0.4, 0.5) is 5.82 Å². The molecule has 2 fully saturated rings. The Morgan fingerprint density at radius 3 is 2.24 bits per heavy atom. The summed E-state index contributed by atoms with van der Waals surface area (Å²) in [6, 6.07) is 14.2. The van der Waals surface area contributed by atoms with Crippen LogP contribution in [0.5, 0.6) is 0 Å². The zero-order chi connectivity index (χ0) is 23.5. The Morgan fingerprint density at radius 1 is 0.882 bits per heavy atom. The predicted octanol–water partition coefficient (Wildman–Crippen LogP) is 2.19. The SMILES string of the molecule is O=C(c1ccc(S(=O)(=O)N2CCOCC2)cc1)N1CCN(c2ccc(-c3cccs3)nn2)CC1. The van der Waals surface area contributed by atoms with E-state index >= 15 is 0 Å². The third-order valence-electron chi connectivity index (χ3n) is 6.02. The Hall–Kier alpha value is -2.86. The molecule has 1 aromatic carbocycles. The van der Waals surface area contributed by atoms with Crippen molar-refractivity contribution in [3.8, 4) is 10.6 Å². The fourth-order valence-corrected chi connectivity index (χ4v) is 6.17. The second-order valence-corrected chi connectivity index (χ2v) is 11.0. The lowest BCUT2D eigenvalue weighted by atomic mass is 10.2. The summed E-state index contributed by atoms with van der Waals surface area (Å²) in [5.74, 6) is 0.694. The van der Waals surface area contributed by atoms with Crippen LogP contribution in [0.3, 0.4) is 0 Å². The van der Waals surface area contributed by atoms with E-state index in [9.17, 15) is 13.2 Å². The van der Waals surface area contributed by atoms with Gasteiger partial charge in [-0.1, -0.05) is 6.07 Å². The first-order valence-corrected chi connectivity index (χ1v) is 13.4. The van der Waals surface area contributed by atoms with Crippen molar-refractivity contribution in [3.63, 3.8) is 0 Å². The number of carbonyl (C=O) groups is 1. The van der Waals surface area contributed by atoms with E-state index < -0.39 is 10.0 Å². The number of rotatable bonds is 5. The molecule has 2 aliphatic rings. The number of benzene rings is 1. The lowest BCUT2D eigenvalue weighted by molar-refractivity contribution is 0.0730. The summed E-state index contributed by atoms with van der Waals surface area (Å²) in [4.78, 5) is 18.2. The molecule has 0 atom stereocenters. The highest BCUT2D eigenvalue weighted by Crippen LogP contribution is 2.24. The van der Waals surface area contributed by atoms with Crippen molar-refractivity contribution >= 4 is 33.1 Å². The van der Waals surface area contributed by atoms with E-state index in [0.717, 1.165) is 16.4 Å². The van der Waals surface area contributed by atoms with Gasteiger partial charge in [0.2, 0.25) is 10.0 Å². The van der Waals surface area contributed by atoms with Gasteiger partial charge in [0.15, 0.2) is 5.82 Å². The number of thiophene rings is 1. The molecule has 2 saturated heterocycles. The minimum atomic E-state index is -3.58. The number of hydrogen-bond acceptors (Lipinski definition) is 8. The van der Waals surface area contributed by atoms with Gasteiger partial charge in [0, 0.05) is 44.8 Å². The highest BCUT2D eigenvalue weighted by molar-refractivity contribution is 7.89. The molecule has 0 unspecified atom stereocenters. The molecular formula is C23H25N5O4S2. The van der Waals surface area contributed by atoms with Gasteiger partial charge in [0.05, 0.1) is 23.0 Å². The van der Waals surface area contributed by atoms with Crippen LogP contribution in [0.25, 0.3) is 10.6 Å². The molecule has 1 amide bonds. The molecule has 0 aliphatic carbocycles. The molecule has 0 N–H and O–H groups in total. The lowest BCUT2D eigenvalue weighted by Gasteiger charge is -2.35. The second kappa shape index (κ2) is 9.79. The first-order chi connectivity index (χ1) is 16.5. The molecule has 0 spiro atoms. The third kappa shape index (κ3) is 4.69. The van der Waals surface area contributed by atoms with Gasteiger partial charge in [-0.15, -0.1) is 21.5 Å². The van der Waals surface area contributed by atoms with E-state index in [0.29, 0.717) is 58.0 Å². The van der Waals surface area contributed by atoms with Gasteiger partial charge in [0.25, 0.3) is 5.91 Å². The smallest absolute Gasteiger partial charge is 0.253 e. The fourth-order valence-electron chi connectivity index (χ4n) is 4.08. The van der Waals surface area contributed by atoms with Crippen LogP contribution in [0.15, 0.2) is 58.8 Å². The zero-order valence-electron chi connectivity index (χ0n) is 18.5. The van der Waals surface area contributed by atoms with E-state index in [4.69, 9.17) is 4.74 Å². The zero-order valence-corrected chi connectivity index (χ0v) is 20.2. The largest absolute Gasteiger partial charge is 0.379 e. The van der Waals surface area contributed by atoms with Crippen molar-refractivity contribution in [1.82, 2.24) is 19.4 Å². The van der Waals surface area contributed by atoms with Crippen molar-refractivity contribution in [2.75, 3.05) is 57.4 Å². The number of morpholine rings is 1. The minimum absolute atomic E-state index is 0.103. The quantitative estimate of drug-likeness (QED) is 0.531. The summed E-state index contributed by atoms with van der Waals surface area (Å²) >= 11 is 1.63. The first-order valence-electron chi connectivity index (χ1n) is 11.1. The molecule has 34 heavy (non-hydrogen) atoms. The average Bonchev–Trinajstić information content (AvgIpc) is 3.44. The number of nitrogens with zero attached hydrogens (tertiary/aromatic N) is 5. The topological polar surface area (TPSA) is 95.9 Å². The number of hydrogen-bond donors (Lipinski definition) is 0. The summed E-state index contributed by atoms with van der Waals surface area (Å²) in [7, 11) is -3.58. The van der Waals surface area contributed by atoms with E-state index in [-0.39, 0.29) is 10.8 Å². The number of carbonyl (C=O) groups excluding carboxylic acids is 1. The van der Waals surface area contributed by atoms with Crippen molar-refractivity contribution in [2.24, 2.45) is 0 Å². The molecule has 2 aromatic heterocycles. The van der Waals surface area contributed by atoms with Crippen molar-refractivity contribution in [2.45, 2.75) is 4.90 Å². The highest BCUT2D eigenvalue weighted by atomic mass is 32.2. The molecule has 4 heterocycles. The normalized spacial score (nSPS) is 17.6. The Balaban J connectivity index is 1.19. The van der Waals surface area contributed by atoms with Crippen LogP contribution >= 0.6 is 11.3 Å². The predicted molar refractivity (Wildman–Crippen MR) is 129 cm³/mol. The van der Waals surface area contributed by atoms with Gasteiger partial charge in [-0.05, 0) is 47.8 Å². The van der Waals surface area contributed by atoms with Gasteiger partial charge in [0.1, 0.15) is 5.69 Å². The van der Waals surface area contributed by atoms with E-state index in [1.54, 1.807) is 28.4 Å². The molecule has 9 nitrogen and oxygen atoms in total. The standard InChI is InChI=1S/C23H25N5O4S2/c29-23(18-3-5-19(6-4-18)34(30,31)28-13-15-32-16-14-28)27-11-9-26(10-12-27)22-8-7-20(24-25-22)21-2-1-17-33-21/h1-8,17H,9-16H2.